The standard InChI is InChI=1S/C27H30N2O3.ClH/c1-27(2)22-16-21(32-18-19-10-6-4-7-11-19)14-15-23(22)29(26(27)31)25(24(30)17-28-3)20-12-8-5-9-13-20;/h4-16,24-25,28,30H,17-18H2,1-3H3;1H/t24-,25-;/m0./s1. The van der Waals surface area contributed by atoms with Gasteiger partial charge in [0.1, 0.15) is 12.4 Å². The first-order valence-electron chi connectivity index (χ1n) is 11.0. The molecule has 1 amide bonds. The number of fused-ring (bicyclic) bond motifs is 1. The summed E-state index contributed by atoms with van der Waals surface area (Å²) < 4.78 is 6.02. The Morgan fingerprint density at radius 2 is 1.64 bits per heavy atom. The average Bonchev–Trinajstić information content (AvgIpc) is 3.00. The summed E-state index contributed by atoms with van der Waals surface area (Å²) in [5.74, 6) is 0.694. The summed E-state index contributed by atoms with van der Waals surface area (Å²) in [5.41, 5.74) is 2.98. The first-order chi connectivity index (χ1) is 15.4. The minimum absolute atomic E-state index is 0. The summed E-state index contributed by atoms with van der Waals surface area (Å²) in [7, 11) is 1.80. The van der Waals surface area contributed by atoms with Gasteiger partial charge in [-0.25, -0.2) is 0 Å². The number of likely N-dealkylation sites (N-methyl/N-ethyl adjacent to an activating group) is 1. The van der Waals surface area contributed by atoms with Gasteiger partial charge in [0, 0.05) is 12.2 Å². The molecule has 0 fully saturated rings. The number of halogens is 1. The van der Waals surface area contributed by atoms with E-state index in [0.717, 1.165) is 28.1 Å². The van der Waals surface area contributed by atoms with Crippen molar-refractivity contribution in [2.45, 2.75) is 38.0 Å². The molecular formula is C27H31ClN2O3. The molecule has 0 bridgehead atoms. The van der Waals surface area contributed by atoms with E-state index in [9.17, 15) is 9.90 Å². The molecule has 0 aromatic heterocycles. The van der Waals surface area contributed by atoms with Gasteiger partial charge in [0.05, 0.1) is 17.6 Å². The van der Waals surface area contributed by atoms with Gasteiger partial charge in [-0.2, -0.15) is 0 Å². The second kappa shape index (κ2) is 10.4. The number of aliphatic hydroxyl groups excluding tert-OH is 1. The predicted octanol–water partition coefficient (Wildman–Crippen LogP) is 4.63. The molecule has 174 valence electrons. The Morgan fingerprint density at radius 1 is 1.00 bits per heavy atom. The van der Waals surface area contributed by atoms with Crippen molar-refractivity contribution in [1.82, 2.24) is 5.32 Å². The number of nitrogens with one attached hydrogen (secondary N) is 1. The highest BCUT2D eigenvalue weighted by Crippen LogP contribution is 2.47. The molecule has 0 saturated carbocycles. The molecule has 0 radical (unpaired) electrons. The van der Waals surface area contributed by atoms with Gasteiger partial charge in [-0.05, 0) is 55.8 Å². The Labute approximate surface area is 201 Å². The molecule has 3 aromatic rings. The van der Waals surface area contributed by atoms with Crippen molar-refractivity contribution in [2.75, 3.05) is 18.5 Å². The third-order valence-electron chi connectivity index (χ3n) is 6.10. The van der Waals surface area contributed by atoms with Crippen LogP contribution in [0.5, 0.6) is 5.75 Å². The Morgan fingerprint density at radius 3 is 2.27 bits per heavy atom. The number of benzene rings is 3. The third-order valence-corrected chi connectivity index (χ3v) is 6.10. The lowest BCUT2D eigenvalue weighted by atomic mass is 9.86. The molecule has 6 heteroatoms. The van der Waals surface area contributed by atoms with Crippen LogP contribution in [0.3, 0.4) is 0 Å². The van der Waals surface area contributed by atoms with Crippen molar-refractivity contribution in [3.63, 3.8) is 0 Å². The fourth-order valence-electron chi connectivity index (χ4n) is 4.37. The number of carbonyl (C=O) groups excluding carboxylic acids is 1. The van der Waals surface area contributed by atoms with Crippen LogP contribution in [0, 0.1) is 0 Å². The van der Waals surface area contributed by atoms with E-state index in [0.29, 0.717) is 13.2 Å². The van der Waals surface area contributed by atoms with Crippen LogP contribution in [-0.2, 0) is 16.8 Å². The van der Waals surface area contributed by atoms with Crippen LogP contribution in [-0.4, -0.2) is 30.7 Å². The Bertz CT molecular complexity index is 1070. The maximum Gasteiger partial charge on any atom is 0.237 e. The van der Waals surface area contributed by atoms with Crippen molar-refractivity contribution >= 4 is 24.0 Å². The van der Waals surface area contributed by atoms with Gasteiger partial charge in [0.15, 0.2) is 0 Å². The molecule has 0 unspecified atom stereocenters. The quantitative estimate of drug-likeness (QED) is 0.508. The van der Waals surface area contributed by atoms with Crippen molar-refractivity contribution < 1.29 is 14.6 Å². The molecule has 3 aromatic carbocycles. The molecule has 4 rings (SSSR count). The van der Waals surface area contributed by atoms with E-state index in [4.69, 9.17) is 4.74 Å². The minimum Gasteiger partial charge on any atom is -0.489 e. The average molecular weight is 467 g/mol. The number of nitrogens with zero attached hydrogens (tertiary/aromatic N) is 1. The van der Waals surface area contributed by atoms with E-state index in [1.807, 2.05) is 92.7 Å². The van der Waals surface area contributed by atoms with E-state index in [1.54, 1.807) is 11.9 Å². The maximum atomic E-state index is 13.7. The molecule has 0 saturated heterocycles. The third kappa shape index (κ3) is 4.91. The van der Waals surface area contributed by atoms with E-state index < -0.39 is 17.6 Å². The monoisotopic (exact) mass is 466 g/mol. The molecular weight excluding hydrogens is 436 g/mol. The molecule has 1 aliphatic rings. The number of rotatable bonds is 8. The lowest BCUT2D eigenvalue weighted by Gasteiger charge is -2.33. The van der Waals surface area contributed by atoms with Crippen molar-refractivity contribution in [3.8, 4) is 5.75 Å². The molecule has 0 spiro atoms. The lowest BCUT2D eigenvalue weighted by Crippen LogP contribution is -2.45. The van der Waals surface area contributed by atoms with Crippen molar-refractivity contribution in [3.05, 3.63) is 95.6 Å². The first-order valence-corrected chi connectivity index (χ1v) is 11.0. The lowest BCUT2D eigenvalue weighted by molar-refractivity contribution is -0.123. The van der Waals surface area contributed by atoms with Crippen LogP contribution in [0.4, 0.5) is 5.69 Å². The van der Waals surface area contributed by atoms with Gasteiger partial charge in [-0.3, -0.25) is 4.79 Å². The molecule has 5 nitrogen and oxygen atoms in total. The maximum absolute atomic E-state index is 13.7. The first kappa shape index (κ1) is 24.8. The number of hydrogen-bond donors (Lipinski definition) is 2. The van der Waals surface area contributed by atoms with Crippen LogP contribution >= 0.6 is 12.4 Å². The fourth-order valence-corrected chi connectivity index (χ4v) is 4.37. The molecule has 2 N–H and O–H groups in total. The second-order valence-electron chi connectivity index (χ2n) is 8.73. The summed E-state index contributed by atoms with van der Waals surface area (Å²) >= 11 is 0. The zero-order valence-electron chi connectivity index (χ0n) is 19.2. The van der Waals surface area contributed by atoms with Gasteiger partial charge >= 0.3 is 0 Å². The molecule has 33 heavy (non-hydrogen) atoms. The highest BCUT2D eigenvalue weighted by molar-refractivity contribution is 6.08. The summed E-state index contributed by atoms with van der Waals surface area (Å²) in [6.07, 6.45) is -0.762. The van der Waals surface area contributed by atoms with E-state index >= 15 is 0 Å². The van der Waals surface area contributed by atoms with Crippen molar-refractivity contribution in [1.29, 1.82) is 0 Å². The van der Waals surface area contributed by atoms with E-state index in [2.05, 4.69) is 5.32 Å². The highest BCUT2D eigenvalue weighted by Gasteiger charge is 2.48. The summed E-state index contributed by atoms with van der Waals surface area (Å²) in [6, 6.07) is 25.0. The SMILES string of the molecule is CNC[C@H](O)[C@H](c1ccccc1)N1C(=O)C(C)(C)c2cc(OCc3ccccc3)ccc21.Cl. The van der Waals surface area contributed by atoms with Crippen LogP contribution < -0.4 is 15.0 Å². The smallest absolute Gasteiger partial charge is 0.237 e. The predicted molar refractivity (Wildman–Crippen MR) is 134 cm³/mol. The van der Waals surface area contributed by atoms with Crippen LogP contribution in [0.1, 0.15) is 36.6 Å². The number of anilines is 1. The topological polar surface area (TPSA) is 61.8 Å². The second-order valence-corrected chi connectivity index (χ2v) is 8.73. The molecule has 2 atom stereocenters. The van der Waals surface area contributed by atoms with Gasteiger partial charge in [-0.15, -0.1) is 12.4 Å². The van der Waals surface area contributed by atoms with E-state index in [-0.39, 0.29) is 18.3 Å². The number of hydrogen-bond acceptors (Lipinski definition) is 4. The Balaban J connectivity index is 0.00000306. The van der Waals surface area contributed by atoms with Crippen molar-refractivity contribution in [2.24, 2.45) is 0 Å². The van der Waals surface area contributed by atoms with Gasteiger partial charge in [0.25, 0.3) is 0 Å². The normalized spacial score (nSPS) is 16.0. The summed E-state index contributed by atoms with van der Waals surface area (Å²) in [5, 5.41) is 14.1. The Kier molecular flexibility index (Phi) is 7.80. The number of ether oxygens (including phenoxy) is 1. The zero-order chi connectivity index (χ0) is 22.7. The molecule has 1 heterocycles. The van der Waals surface area contributed by atoms with Gasteiger partial charge < -0.3 is 20.1 Å². The number of amides is 1. The summed E-state index contributed by atoms with van der Waals surface area (Å²) in [4.78, 5) is 15.4. The number of carbonyl (C=O) groups is 1. The fraction of sp³-hybridized carbons (Fsp3) is 0.296. The van der Waals surface area contributed by atoms with Crippen LogP contribution in [0.15, 0.2) is 78.9 Å². The summed E-state index contributed by atoms with van der Waals surface area (Å²) in [6.45, 7) is 4.70. The highest BCUT2D eigenvalue weighted by atomic mass is 35.5. The van der Waals surface area contributed by atoms with Gasteiger partial charge in [-0.1, -0.05) is 60.7 Å². The molecule has 0 aliphatic carbocycles. The largest absolute Gasteiger partial charge is 0.489 e. The van der Waals surface area contributed by atoms with Gasteiger partial charge in [0.2, 0.25) is 5.91 Å². The minimum atomic E-state index is -0.762. The zero-order valence-corrected chi connectivity index (χ0v) is 20.0. The van der Waals surface area contributed by atoms with Crippen LogP contribution in [0.2, 0.25) is 0 Å². The Hall–Kier alpha value is -2.86. The number of aliphatic hydroxyl groups is 1. The van der Waals surface area contributed by atoms with Crippen LogP contribution in [0.25, 0.3) is 0 Å². The van der Waals surface area contributed by atoms with E-state index in [1.165, 1.54) is 0 Å². The molecule has 1 aliphatic heterocycles.